The van der Waals surface area contributed by atoms with Crippen molar-refractivity contribution in [1.82, 2.24) is 5.32 Å². The van der Waals surface area contributed by atoms with Gasteiger partial charge in [0.05, 0.1) is 6.10 Å². The molecule has 0 radical (unpaired) electrons. The Hall–Kier alpha value is -0.970. The van der Waals surface area contributed by atoms with Crippen LogP contribution in [0, 0.1) is 5.92 Å². The number of hydrogen-bond donors (Lipinski definition) is 3. The highest BCUT2D eigenvalue weighted by atomic mass is 35.5. The van der Waals surface area contributed by atoms with Crippen LogP contribution < -0.4 is 10.6 Å². The van der Waals surface area contributed by atoms with Crippen molar-refractivity contribution >= 4 is 34.9 Å². The fraction of sp³-hybridized carbons (Fsp3) is 0.500. The second-order valence-electron chi connectivity index (χ2n) is 5.18. The maximum absolute atomic E-state index is 11.8. The molecule has 1 aromatic rings. The molecular formula is C14H18Cl2N2O2. The molecule has 20 heavy (non-hydrogen) atoms. The number of nitrogens with one attached hydrogen (secondary N) is 2. The minimum absolute atomic E-state index is 0.231. The number of aliphatic hydroxyl groups is 1. The van der Waals surface area contributed by atoms with Gasteiger partial charge in [0.15, 0.2) is 0 Å². The Labute approximate surface area is 128 Å². The molecule has 0 heterocycles. The number of aliphatic hydroxyl groups excluding tert-OH is 1. The van der Waals surface area contributed by atoms with Crippen LogP contribution in [-0.4, -0.2) is 23.8 Å². The summed E-state index contributed by atoms with van der Waals surface area (Å²) in [6, 6.07) is 4.59. The molecule has 1 saturated carbocycles. The van der Waals surface area contributed by atoms with Crippen LogP contribution in [0.4, 0.5) is 10.5 Å². The first-order valence-corrected chi connectivity index (χ1v) is 7.47. The molecule has 1 fully saturated rings. The quantitative estimate of drug-likeness (QED) is 0.796. The lowest BCUT2D eigenvalue weighted by Gasteiger charge is -2.25. The minimum Gasteiger partial charge on any atom is -0.393 e. The SMILES string of the molecule is O=C(NCC1CCCC(O)C1)Nc1cc(Cl)cc(Cl)c1. The first-order chi connectivity index (χ1) is 9.52. The number of amides is 2. The van der Waals surface area contributed by atoms with Crippen LogP contribution >= 0.6 is 23.2 Å². The molecule has 2 atom stereocenters. The summed E-state index contributed by atoms with van der Waals surface area (Å²) in [6.45, 7) is 0.567. The van der Waals surface area contributed by atoms with Gasteiger partial charge in [-0.15, -0.1) is 0 Å². The van der Waals surface area contributed by atoms with Crippen LogP contribution in [0.2, 0.25) is 10.0 Å². The van der Waals surface area contributed by atoms with Crippen LogP contribution in [0.5, 0.6) is 0 Å². The van der Waals surface area contributed by atoms with Gasteiger partial charge in [-0.25, -0.2) is 4.79 Å². The molecule has 2 amide bonds. The van der Waals surface area contributed by atoms with Crippen molar-refractivity contribution in [3.63, 3.8) is 0 Å². The Morgan fingerprint density at radius 3 is 2.60 bits per heavy atom. The zero-order valence-corrected chi connectivity index (χ0v) is 12.5. The van der Waals surface area contributed by atoms with Crippen molar-refractivity contribution in [3.8, 4) is 0 Å². The zero-order valence-electron chi connectivity index (χ0n) is 11.0. The van der Waals surface area contributed by atoms with Crippen LogP contribution in [0.3, 0.4) is 0 Å². The predicted molar refractivity (Wildman–Crippen MR) is 81.4 cm³/mol. The number of carbonyl (C=O) groups is 1. The predicted octanol–water partition coefficient (Wildman–Crippen LogP) is 3.67. The van der Waals surface area contributed by atoms with Gasteiger partial charge >= 0.3 is 6.03 Å². The topological polar surface area (TPSA) is 61.4 Å². The van der Waals surface area contributed by atoms with Crippen molar-refractivity contribution in [2.24, 2.45) is 5.92 Å². The highest BCUT2D eigenvalue weighted by molar-refractivity contribution is 6.35. The van der Waals surface area contributed by atoms with Crippen molar-refractivity contribution in [3.05, 3.63) is 28.2 Å². The largest absolute Gasteiger partial charge is 0.393 e. The van der Waals surface area contributed by atoms with Gasteiger partial charge in [0.1, 0.15) is 0 Å². The fourth-order valence-corrected chi connectivity index (χ4v) is 3.01. The van der Waals surface area contributed by atoms with E-state index in [-0.39, 0.29) is 12.1 Å². The second-order valence-corrected chi connectivity index (χ2v) is 6.05. The van der Waals surface area contributed by atoms with Gasteiger partial charge in [0.25, 0.3) is 0 Å². The molecule has 1 aliphatic carbocycles. The van der Waals surface area contributed by atoms with Crippen molar-refractivity contribution in [1.29, 1.82) is 0 Å². The number of carbonyl (C=O) groups excluding carboxylic acids is 1. The Bertz CT molecular complexity index is 462. The maximum Gasteiger partial charge on any atom is 0.319 e. The molecule has 0 spiro atoms. The lowest BCUT2D eigenvalue weighted by atomic mass is 9.87. The van der Waals surface area contributed by atoms with Gasteiger partial charge in [-0.05, 0) is 43.4 Å². The van der Waals surface area contributed by atoms with Gasteiger partial charge in [-0.3, -0.25) is 0 Å². The summed E-state index contributed by atoms with van der Waals surface area (Å²) in [5, 5.41) is 16.0. The number of anilines is 1. The summed E-state index contributed by atoms with van der Waals surface area (Å²) in [5.41, 5.74) is 0.559. The smallest absolute Gasteiger partial charge is 0.319 e. The Morgan fingerprint density at radius 2 is 1.95 bits per heavy atom. The van der Waals surface area contributed by atoms with Crippen molar-refractivity contribution in [2.75, 3.05) is 11.9 Å². The van der Waals surface area contributed by atoms with Gasteiger partial charge < -0.3 is 15.7 Å². The van der Waals surface area contributed by atoms with Crippen LogP contribution in [0.15, 0.2) is 18.2 Å². The average molecular weight is 317 g/mol. The maximum atomic E-state index is 11.8. The highest BCUT2D eigenvalue weighted by Gasteiger charge is 2.20. The summed E-state index contributed by atoms with van der Waals surface area (Å²) < 4.78 is 0. The number of urea groups is 1. The van der Waals surface area contributed by atoms with Crippen LogP contribution in [0.1, 0.15) is 25.7 Å². The van der Waals surface area contributed by atoms with E-state index in [1.54, 1.807) is 18.2 Å². The summed E-state index contributed by atoms with van der Waals surface area (Å²) in [5.74, 6) is 0.340. The third-order valence-corrected chi connectivity index (χ3v) is 3.86. The monoisotopic (exact) mass is 316 g/mol. The summed E-state index contributed by atoms with van der Waals surface area (Å²) >= 11 is 11.7. The first kappa shape index (κ1) is 15.4. The second kappa shape index (κ2) is 7.16. The third kappa shape index (κ3) is 4.85. The Balaban J connectivity index is 1.80. The zero-order chi connectivity index (χ0) is 14.5. The van der Waals surface area contributed by atoms with Crippen LogP contribution in [0.25, 0.3) is 0 Å². The lowest BCUT2D eigenvalue weighted by Crippen LogP contribution is -2.35. The number of benzene rings is 1. The molecular weight excluding hydrogens is 299 g/mol. The standard InChI is InChI=1S/C14H18Cl2N2O2/c15-10-5-11(16)7-12(6-10)18-14(20)17-8-9-2-1-3-13(19)4-9/h5-7,9,13,19H,1-4,8H2,(H2,17,18,20). The molecule has 4 nitrogen and oxygen atoms in total. The lowest BCUT2D eigenvalue weighted by molar-refractivity contribution is 0.101. The van der Waals surface area contributed by atoms with E-state index in [0.29, 0.717) is 28.2 Å². The number of halogens is 2. The molecule has 1 aliphatic rings. The summed E-state index contributed by atoms with van der Waals surface area (Å²) in [7, 11) is 0. The fourth-order valence-electron chi connectivity index (χ4n) is 2.49. The molecule has 2 unspecified atom stereocenters. The van der Waals surface area contributed by atoms with Gasteiger partial charge in [0, 0.05) is 22.3 Å². The molecule has 0 aromatic heterocycles. The molecule has 3 N–H and O–H groups in total. The van der Waals surface area contributed by atoms with E-state index in [0.717, 1.165) is 25.7 Å². The Morgan fingerprint density at radius 1 is 1.25 bits per heavy atom. The first-order valence-electron chi connectivity index (χ1n) is 6.72. The molecule has 1 aromatic carbocycles. The van der Waals surface area contributed by atoms with E-state index in [1.807, 2.05) is 0 Å². The van der Waals surface area contributed by atoms with E-state index in [4.69, 9.17) is 23.2 Å². The molecule has 0 saturated heterocycles. The van der Waals surface area contributed by atoms with Crippen LogP contribution in [-0.2, 0) is 0 Å². The summed E-state index contributed by atoms with van der Waals surface area (Å²) in [6.07, 6.45) is 3.44. The van der Waals surface area contributed by atoms with E-state index >= 15 is 0 Å². The molecule has 0 aliphatic heterocycles. The van der Waals surface area contributed by atoms with Crippen molar-refractivity contribution < 1.29 is 9.90 Å². The molecule has 110 valence electrons. The molecule has 6 heteroatoms. The van der Waals surface area contributed by atoms with Gasteiger partial charge in [0.2, 0.25) is 0 Å². The summed E-state index contributed by atoms with van der Waals surface area (Å²) in [4.78, 5) is 11.8. The number of rotatable bonds is 3. The van der Waals surface area contributed by atoms with Gasteiger partial charge in [-0.2, -0.15) is 0 Å². The Kier molecular flexibility index (Phi) is 5.52. The van der Waals surface area contributed by atoms with E-state index in [1.165, 1.54) is 0 Å². The van der Waals surface area contributed by atoms with Gasteiger partial charge in [-0.1, -0.05) is 29.6 Å². The normalized spacial score (nSPS) is 22.4. The minimum atomic E-state index is -0.289. The van der Waals surface area contributed by atoms with E-state index in [2.05, 4.69) is 10.6 Å². The highest BCUT2D eigenvalue weighted by Crippen LogP contribution is 2.24. The van der Waals surface area contributed by atoms with Crippen molar-refractivity contribution in [2.45, 2.75) is 31.8 Å². The van der Waals surface area contributed by atoms with E-state index < -0.39 is 0 Å². The third-order valence-electron chi connectivity index (χ3n) is 3.43. The molecule has 2 rings (SSSR count). The average Bonchev–Trinajstić information content (AvgIpc) is 2.35. The number of hydrogen-bond acceptors (Lipinski definition) is 2. The van der Waals surface area contributed by atoms with E-state index in [9.17, 15) is 9.90 Å². The molecule has 0 bridgehead atoms.